The summed E-state index contributed by atoms with van der Waals surface area (Å²) in [5, 5.41) is 0. The van der Waals surface area contributed by atoms with E-state index in [2.05, 4.69) is 37.8 Å². The van der Waals surface area contributed by atoms with Crippen LogP contribution >= 0.6 is 0 Å². The molecule has 0 aromatic heterocycles. The molecule has 0 N–H and O–H groups in total. The van der Waals surface area contributed by atoms with E-state index >= 15 is 0 Å². The van der Waals surface area contributed by atoms with E-state index < -0.39 is 0 Å². The predicted octanol–water partition coefficient (Wildman–Crippen LogP) is 5.36. The summed E-state index contributed by atoms with van der Waals surface area (Å²) >= 11 is 0. The van der Waals surface area contributed by atoms with Crippen molar-refractivity contribution < 1.29 is 0 Å². The van der Waals surface area contributed by atoms with Crippen LogP contribution < -0.4 is 0 Å². The molecule has 0 spiro atoms. The summed E-state index contributed by atoms with van der Waals surface area (Å²) in [4.78, 5) is 0. The zero-order chi connectivity index (χ0) is 13.1. The van der Waals surface area contributed by atoms with Crippen molar-refractivity contribution in [2.24, 2.45) is 0 Å². The van der Waals surface area contributed by atoms with Crippen molar-refractivity contribution in [3.8, 4) is 0 Å². The Morgan fingerprint density at radius 2 is 1.44 bits per heavy atom. The van der Waals surface area contributed by atoms with Gasteiger partial charge in [0.1, 0.15) is 0 Å². The Labute approximate surface area is 111 Å². The third-order valence-corrected chi connectivity index (χ3v) is 2.74. The minimum atomic E-state index is 1.18. The fourth-order valence-corrected chi connectivity index (χ4v) is 1.71. The van der Waals surface area contributed by atoms with Crippen LogP contribution in [0.1, 0.15) is 30.9 Å². The summed E-state index contributed by atoms with van der Waals surface area (Å²) in [7, 11) is 0. The number of unbranched alkanes of at least 4 members (excludes halogenated alkanes) is 1. The molecule has 0 heteroatoms. The largest absolute Gasteiger partial charge is 0.0985 e. The number of benzene rings is 2. The molecule has 0 aliphatic carbocycles. The predicted molar refractivity (Wildman–Crippen MR) is 81.6 cm³/mol. The molecular weight excluding hydrogens is 216 g/mol. The van der Waals surface area contributed by atoms with E-state index in [9.17, 15) is 0 Å². The third kappa shape index (κ3) is 5.49. The van der Waals surface area contributed by atoms with Gasteiger partial charge in [-0.1, -0.05) is 86.7 Å². The molecule has 0 saturated heterocycles. The summed E-state index contributed by atoms with van der Waals surface area (Å²) in [5.41, 5.74) is 2.71. The fraction of sp³-hybridized carbons (Fsp3) is 0.222. The van der Waals surface area contributed by atoms with Crippen molar-refractivity contribution in [1.82, 2.24) is 0 Å². The first-order valence-electron chi connectivity index (χ1n) is 6.58. The first kappa shape index (κ1) is 14.2. The average Bonchev–Trinajstić information content (AvgIpc) is 2.48. The van der Waals surface area contributed by atoms with E-state index in [1.807, 2.05) is 42.5 Å². The van der Waals surface area contributed by atoms with Gasteiger partial charge < -0.3 is 0 Å². The minimum absolute atomic E-state index is 1.18. The number of rotatable bonds is 4. The monoisotopic (exact) mass is 238 g/mol. The molecule has 0 heterocycles. The van der Waals surface area contributed by atoms with Crippen LogP contribution in [0.15, 0.2) is 67.2 Å². The Morgan fingerprint density at radius 3 is 1.94 bits per heavy atom. The molecule has 0 nitrogen and oxygen atoms in total. The normalized spacial score (nSPS) is 9.17. The van der Waals surface area contributed by atoms with E-state index in [0.29, 0.717) is 0 Å². The Kier molecular flexibility index (Phi) is 7.31. The van der Waals surface area contributed by atoms with E-state index in [4.69, 9.17) is 0 Å². The van der Waals surface area contributed by atoms with Gasteiger partial charge in [-0.2, -0.15) is 0 Å². The fourth-order valence-electron chi connectivity index (χ4n) is 1.71. The zero-order valence-electron chi connectivity index (χ0n) is 11.2. The maximum Gasteiger partial charge on any atom is -0.0230 e. The number of hydrogen-bond donors (Lipinski definition) is 0. The molecule has 2 aromatic carbocycles. The van der Waals surface area contributed by atoms with E-state index in [-0.39, 0.29) is 0 Å². The van der Waals surface area contributed by atoms with Gasteiger partial charge in [0, 0.05) is 0 Å². The van der Waals surface area contributed by atoms with Gasteiger partial charge in [-0.15, -0.1) is 0 Å². The molecule has 0 unspecified atom stereocenters. The van der Waals surface area contributed by atoms with E-state index in [1.165, 1.54) is 30.4 Å². The van der Waals surface area contributed by atoms with Crippen LogP contribution in [-0.4, -0.2) is 0 Å². The maximum absolute atomic E-state index is 3.80. The van der Waals surface area contributed by atoms with E-state index in [1.54, 1.807) is 0 Å². The van der Waals surface area contributed by atoms with Gasteiger partial charge in [-0.3, -0.25) is 0 Å². The Morgan fingerprint density at radius 1 is 0.889 bits per heavy atom. The SMILES string of the molecule is C=Cc1ccccc1CCCC.c1ccccc1. The highest BCUT2D eigenvalue weighted by Gasteiger charge is 1.95. The number of hydrogen-bond acceptors (Lipinski definition) is 0. The third-order valence-electron chi connectivity index (χ3n) is 2.74. The highest BCUT2D eigenvalue weighted by Crippen LogP contribution is 2.12. The summed E-state index contributed by atoms with van der Waals surface area (Å²) in [5.74, 6) is 0. The van der Waals surface area contributed by atoms with Crippen molar-refractivity contribution >= 4 is 6.08 Å². The second-order valence-electron chi connectivity index (χ2n) is 4.16. The van der Waals surface area contributed by atoms with Crippen molar-refractivity contribution in [3.05, 3.63) is 78.4 Å². The molecule has 0 saturated carbocycles. The lowest BCUT2D eigenvalue weighted by molar-refractivity contribution is 0.794. The molecule has 18 heavy (non-hydrogen) atoms. The second-order valence-corrected chi connectivity index (χ2v) is 4.16. The van der Waals surface area contributed by atoms with Crippen LogP contribution in [0.25, 0.3) is 6.08 Å². The Bertz CT molecular complexity index is 402. The minimum Gasteiger partial charge on any atom is -0.0985 e. The lowest BCUT2D eigenvalue weighted by Gasteiger charge is -2.03. The van der Waals surface area contributed by atoms with Crippen LogP contribution in [0.5, 0.6) is 0 Å². The van der Waals surface area contributed by atoms with Crippen LogP contribution in [0.4, 0.5) is 0 Å². The first-order chi connectivity index (χ1) is 8.88. The summed E-state index contributed by atoms with van der Waals surface area (Å²) < 4.78 is 0. The Balaban J connectivity index is 0.000000225. The van der Waals surface area contributed by atoms with Gasteiger partial charge in [0.15, 0.2) is 0 Å². The quantitative estimate of drug-likeness (QED) is 0.672. The van der Waals surface area contributed by atoms with Gasteiger partial charge in [0.2, 0.25) is 0 Å². The molecule has 94 valence electrons. The molecule has 0 atom stereocenters. The highest BCUT2D eigenvalue weighted by atomic mass is 14.0. The maximum atomic E-state index is 3.80. The van der Waals surface area contributed by atoms with Crippen LogP contribution in [0, 0.1) is 0 Å². The molecule has 0 bridgehead atoms. The zero-order valence-corrected chi connectivity index (χ0v) is 11.2. The van der Waals surface area contributed by atoms with Crippen LogP contribution in [0.3, 0.4) is 0 Å². The summed E-state index contributed by atoms with van der Waals surface area (Å²) in [6.07, 6.45) is 5.64. The molecule has 0 fully saturated rings. The van der Waals surface area contributed by atoms with E-state index in [0.717, 1.165) is 0 Å². The van der Waals surface area contributed by atoms with Gasteiger partial charge in [-0.25, -0.2) is 0 Å². The molecule has 0 aliphatic heterocycles. The lowest BCUT2D eigenvalue weighted by Crippen LogP contribution is -1.87. The first-order valence-corrected chi connectivity index (χ1v) is 6.58. The van der Waals surface area contributed by atoms with Gasteiger partial charge in [-0.05, 0) is 24.0 Å². The molecular formula is C18H22. The molecule has 0 radical (unpaired) electrons. The van der Waals surface area contributed by atoms with Crippen LogP contribution in [-0.2, 0) is 6.42 Å². The van der Waals surface area contributed by atoms with Crippen LogP contribution in [0.2, 0.25) is 0 Å². The van der Waals surface area contributed by atoms with Crippen molar-refractivity contribution in [2.75, 3.05) is 0 Å². The lowest BCUT2D eigenvalue weighted by atomic mass is 10.0. The topological polar surface area (TPSA) is 0 Å². The van der Waals surface area contributed by atoms with Gasteiger partial charge in [0.25, 0.3) is 0 Å². The van der Waals surface area contributed by atoms with Crippen molar-refractivity contribution in [3.63, 3.8) is 0 Å². The average molecular weight is 238 g/mol. The standard InChI is InChI=1S/C12H16.C6H6/c1-3-5-8-12-10-7-6-9-11(12)4-2;1-2-4-6-5-3-1/h4,6-7,9-10H,2-3,5,8H2,1H3;1-6H. The Hall–Kier alpha value is -1.82. The van der Waals surface area contributed by atoms with Gasteiger partial charge in [0.05, 0.1) is 0 Å². The molecule has 0 aliphatic rings. The molecule has 2 rings (SSSR count). The highest BCUT2D eigenvalue weighted by molar-refractivity contribution is 5.51. The summed E-state index contributed by atoms with van der Waals surface area (Å²) in [6.45, 7) is 6.02. The van der Waals surface area contributed by atoms with Gasteiger partial charge >= 0.3 is 0 Å². The van der Waals surface area contributed by atoms with Crippen molar-refractivity contribution in [1.29, 1.82) is 0 Å². The summed E-state index contributed by atoms with van der Waals surface area (Å²) in [6, 6.07) is 20.5. The van der Waals surface area contributed by atoms with Crippen molar-refractivity contribution in [2.45, 2.75) is 26.2 Å². The molecule has 2 aromatic rings. The number of aryl methyl sites for hydroxylation is 1. The second kappa shape index (κ2) is 9.23. The molecule has 0 amide bonds. The smallest absolute Gasteiger partial charge is 0.0230 e.